The Bertz CT molecular complexity index is 528. The van der Waals surface area contributed by atoms with E-state index in [4.69, 9.17) is 23.2 Å². The highest BCUT2D eigenvalue weighted by Crippen LogP contribution is 2.40. The average molecular weight is 342 g/mol. The zero-order valence-corrected chi connectivity index (χ0v) is 10.6. The Kier molecular flexibility index (Phi) is 4.75. The van der Waals surface area contributed by atoms with Crippen LogP contribution in [0.2, 0.25) is 0 Å². The van der Waals surface area contributed by atoms with Gasteiger partial charge in [0.05, 0.1) is 17.1 Å². The first-order chi connectivity index (χ1) is 8.95. The van der Waals surface area contributed by atoms with Crippen molar-refractivity contribution in [2.45, 2.75) is 18.4 Å². The molecule has 1 aromatic rings. The summed E-state index contributed by atoms with van der Waals surface area (Å²) < 4.78 is 77.7. The van der Waals surface area contributed by atoms with Gasteiger partial charge in [-0.05, 0) is 17.7 Å². The van der Waals surface area contributed by atoms with Gasteiger partial charge in [0.25, 0.3) is 5.24 Å². The van der Waals surface area contributed by atoms with Gasteiger partial charge in [-0.15, -0.1) is 24.8 Å². The molecular weight excluding hydrogens is 339 g/mol. The van der Waals surface area contributed by atoms with Crippen molar-refractivity contribution in [3.63, 3.8) is 0 Å². The predicted octanol–water partition coefficient (Wildman–Crippen LogP) is 4.12. The molecule has 0 aliphatic carbocycles. The molecule has 11 heteroatoms. The summed E-state index contributed by atoms with van der Waals surface area (Å²) in [5, 5.41) is -1.57. The molecule has 0 bridgehead atoms. The summed E-state index contributed by atoms with van der Waals surface area (Å²) in [6, 6.07) is 0.596. The van der Waals surface area contributed by atoms with E-state index in [-0.39, 0.29) is 0 Å². The molecule has 112 valence electrons. The van der Waals surface area contributed by atoms with Gasteiger partial charge in [-0.1, -0.05) is 0 Å². The molecule has 1 rings (SSSR count). The minimum absolute atomic E-state index is 0.475. The second-order valence-electron chi connectivity index (χ2n) is 3.29. The molecule has 0 amide bonds. The summed E-state index contributed by atoms with van der Waals surface area (Å²) >= 11 is 10.2. The van der Waals surface area contributed by atoms with E-state index in [0.29, 0.717) is 6.07 Å². The van der Waals surface area contributed by atoms with Gasteiger partial charge < -0.3 is 4.74 Å². The molecule has 0 N–H and O–H groups in total. The topological polar surface area (TPSA) is 39.2 Å². The Morgan fingerprint density at radius 2 is 1.80 bits per heavy atom. The number of halogens is 8. The van der Waals surface area contributed by atoms with Crippen LogP contribution in [0.25, 0.3) is 0 Å². The van der Waals surface area contributed by atoms with Crippen molar-refractivity contribution in [2.75, 3.05) is 0 Å². The van der Waals surface area contributed by atoms with Crippen LogP contribution in [0, 0.1) is 0 Å². The maximum atomic E-state index is 12.7. The molecule has 0 aliphatic heterocycles. The largest absolute Gasteiger partial charge is 0.573 e. The Balaban J connectivity index is 3.61. The number of rotatable bonds is 3. The third kappa shape index (κ3) is 4.14. The average Bonchev–Trinajstić information content (AvgIpc) is 2.25. The lowest BCUT2D eigenvalue weighted by Crippen LogP contribution is -2.23. The van der Waals surface area contributed by atoms with Crippen LogP contribution in [0.5, 0.6) is 5.75 Å². The minimum Gasteiger partial charge on any atom is -0.403 e. The molecule has 1 aromatic heterocycles. The van der Waals surface area contributed by atoms with Crippen LogP contribution in [0.1, 0.15) is 21.7 Å². The van der Waals surface area contributed by atoms with E-state index in [0.717, 1.165) is 0 Å². The number of ether oxygens (including phenoxy) is 1. The Morgan fingerprint density at radius 3 is 2.15 bits per heavy atom. The van der Waals surface area contributed by atoms with Gasteiger partial charge in [-0.3, -0.25) is 4.79 Å². The number of alkyl halides is 7. The summed E-state index contributed by atoms with van der Waals surface area (Å²) in [5.74, 6) is -2.37. The SMILES string of the molecule is O=C(Cl)c1cc(CCl)nc(C(F)(F)F)c1OC(F)(F)F. The summed E-state index contributed by atoms with van der Waals surface area (Å²) in [6.45, 7) is 0. The van der Waals surface area contributed by atoms with E-state index < -0.39 is 46.4 Å². The van der Waals surface area contributed by atoms with Crippen LogP contribution in [-0.4, -0.2) is 16.6 Å². The fourth-order valence-corrected chi connectivity index (χ4v) is 1.49. The zero-order valence-electron chi connectivity index (χ0n) is 9.07. The maximum Gasteiger partial charge on any atom is 0.573 e. The van der Waals surface area contributed by atoms with Gasteiger partial charge in [0, 0.05) is 0 Å². The number of hydrogen-bond donors (Lipinski definition) is 0. The van der Waals surface area contributed by atoms with Crippen molar-refractivity contribution in [2.24, 2.45) is 0 Å². The Morgan fingerprint density at radius 1 is 1.25 bits per heavy atom. The molecule has 0 saturated heterocycles. The third-order valence-corrected chi connectivity index (χ3v) is 2.34. The number of hydrogen-bond acceptors (Lipinski definition) is 3. The summed E-state index contributed by atoms with van der Waals surface area (Å²) in [5.41, 5.74) is -3.63. The standard InChI is InChI=1S/C9H3Cl2F6NO2/c10-2-3-1-4(7(11)19)5(20-9(15,16)17)6(18-3)8(12,13)14/h1H,2H2. The third-order valence-electron chi connectivity index (χ3n) is 1.86. The van der Waals surface area contributed by atoms with Crippen molar-refractivity contribution in [3.05, 3.63) is 23.0 Å². The highest BCUT2D eigenvalue weighted by Gasteiger charge is 2.43. The first-order valence-corrected chi connectivity index (χ1v) is 5.49. The van der Waals surface area contributed by atoms with Gasteiger partial charge in [0.15, 0.2) is 11.4 Å². The molecule has 0 spiro atoms. The molecule has 0 fully saturated rings. The van der Waals surface area contributed by atoms with Crippen LogP contribution in [0.15, 0.2) is 6.07 Å². The summed E-state index contributed by atoms with van der Waals surface area (Å²) in [4.78, 5) is 13.9. The van der Waals surface area contributed by atoms with Gasteiger partial charge in [0.2, 0.25) is 0 Å². The predicted molar refractivity (Wildman–Crippen MR) is 55.7 cm³/mol. The first kappa shape index (κ1) is 16.8. The lowest BCUT2D eigenvalue weighted by Gasteiger charge is -2.17. The van der Waals surface area contributed by atoms with Crippen molar-refractivity contribution >= 4 is 28.4 Å². The number of carbonyl (C=O) groups is 1. The van der Waals surface area contributed by atoms with E-state index in [1.54, 1.807) is 0 Å². The fourth-order valence-electron chi connectivity index (χ4n) is 1.21. The zero-order chi connectivity index (χ0) is 15.7. The fraction of sp³-hybridized carbons (Fsp3) is 0.333. The van der Waals surface area contributed by atoms with Crippen LogP contribution in [-0.2, 0) is 12.1 Å². The maximum absolute atomic E-state index is 12.7. The highest BCUT2D eigenvalue weighted by molar-refractivity contribution is 6.68. The van der Waals surface area contributed by atoms with Crippen LogP contribution in [0.3, 0.4) is 0 Å². The highest BCUT2D eigenvalue weighted by atomic mass is 35.5. The Hall–Kier alpha value is -1.22. The van der Waals surface area contributed by atoms with Gasteiger partial charge >= 0.3 is 12.5 Å². The lowest BCUT2D eigenvalue weighted by atomic mass is 10.1. The second kappa shape index (κ2) is 5.65. The number of carbonyl (C=O) groups excluding carboxylic acids is 1. The second-order valence-corrected chi connectivity index (χ2v) is 3.90. The first-order valence-electron chi connectivity index (χ1n) is 4.58. The minimum atomic E-state index is -5.45. The summed E-state index contributed by atoms with van der Waals surface area (Å²) in [7, 11) is 0. The van der Waals surface area contributed by atoms with E-state index in [9.17, 15) is 31.1 Å². The van der Waals surface area contributed by atoms with Crippen molar-refractivity contribution in [1.82, 2.24) is 4.98 Å². The summed E-state index contributed by atoms with van der Waals surface area (Å²) in [6.07, 6.45) is -10.7. The Labute approximate surface area is 117 Å². The molecule has 0 radical (unpaired) electrons. The van der Waals surface area contributed by atoms with Crippen LogP contribution >= 0.6 is 23.2 Å². The molecule has 3 nitrogen and oxygen atoms in total. The quantitative estimate of drug-likeness (QED) is 0.471. The molecule has 0 atom stereocenters. The van der Waals surface area contributed by atoms with E-state index in [1.165, 1.54) is 0 Å². The lowest BCUT2D eigenvalue weighted by molar-refractivity contribution is -0.276. The molecule has 0 aliphatic rings. The van der Waals surface area contributed by atoms with E-state index in [2.05, 4.69) is 9.72 Å². The molecular formula is C9H3Cl2F6NO2. The van der Waals surface area contributed by atoms with Crippen molar-refractivity contribution in [1.29, 1.82) is 0 Å². The van der Waals surface area contributed by atoms with Gasteiger partial charge in [-0.25, -0.2) is 4.98 Å². The smallest absolute Gasteiger partial charge is 0.403 e. The van der Waals surface area contributed by atoms with E-state index in [1.807, 2.05) is 0 Å². The molecule has 0 unspecified atom stereocenters. The number of aromatic nitrogens is 1. The monoisotopic (exact) mass is 341 g/mol. The number of pyridine rings is 1. The molecule has 1 heterocycles. The van der Waals surface area contributed by atoms with E-state index >= 15 is 0 Å². The number of nitrogens with zero attached hydrogens (tertiary/aromatic N) is 1. The normalized spacial score (nSPS) is 12.4. The van der Waals surface area contributed by atoms with Crippen molar-refractivity contribution in [3.8, 4) is 5.75 Å². The van der Waals surface area contributed by atoms with Crippen LogP contribution in [0.4, 0.5) is 26.3 Å². The molecule has 0 saturated carbocycles. The molecule has 0 aromatic carbocycles. The van der Waals surface area contributed by atoms with Gasteiger partial charge in [0.1, 0.15) is 0 Å². The van der Waals surface area contributed by atoms with Crippen LogP contribution < -0.4 is 4.74 Å². The van der Waals surface area contributed by atoms with Gasteiger partial charge in [-0.2, -0.15) is 13.2 Å². The van der Waals surface area contributed by atoms with Crippen molar-refractivity contribution < 1.29 is 35.9 Å². The molecule has 20 heavy (non-hydrogen) atoms.